The van der Waals surface area contributed by atoms with Crippen LogP contribution in [0.25, 0.3) is 0 Å². The summed E-state index contributed by atoms with van der Waals surface area (Å²) in [4.78, 5) is 22.8. The molecule has 108 valence electrons. The van der Waals surface area contributed by atoms with Crippen LogP contribution < -0.4 is 5.32 Å². The fraction of sp³-hybridized carbons (Fsp3) is 0. The minimum atomic E-state index is -1.17. The third-order valence-corrected chi connectivity index (χ3v) is 3.26. The number of halogens is 3. The number of carbonyl (C=O) groups excluding carboxylic acids is 1. The van der Waals surface area contributed by atoms with E-state index in [4.69, 9.17) is 28.3 Å². The van der Waals surface area contributed by atoms with Gasteiger partial charge < -0.3 is 10.4 Å². The van der Waals surface area contributed by atoms with Gasteiger partial charge in [0.1, 0.15) is 5.82 Å². The number of hydrogen-bond acceptors (Lipinski definition) is 2. The van der Waals surface area contributed by atoms with Gasteiger partial charge in [-0.05, 0) is 36.4 Å². The molecule has 0 saturated heterocycles. The largest absolute Gasteiger partial charge is 0.478 e. The molecule has 0 aliphatic rings. The second-order valence-corrected chi connectivity index (χ2v) is 4.89. The van der Waals surface area contributed by atoms with Crippen molar-refractivity contribution in [2.75, 3.05) is 5.32 Å². The first-order valence-electron chi connectivity index (χ1n) is 5.67. The van der Waals surface area contributed by atoms with Gasteiger partial charge in [0.15, 0.2) is 0 Å². The number of aromatic carboxylic acids is 1. The Kier molecular flexibility index (Phi) is 4.45. The normalized spacial score (nSPS) is 10.2. The van der Waals surface area contributed by atoms with Gasteiger partial charge in [0.2, 0.25) is 0 Å². The molecule has 2 aromatic carbocycles. The highest BCUT2D eigenvalue weighted by Gasteiger charge is 2.13. The highest BCUT2D eigenvalue weighted by molar-refractivity contribution is 6.35. The van der Waals surface area contributed by atoms with Gasteiger partial charge in [0.25, 0.3) is 5.91 Å². The Morgan fingerprint density at radius 1 is 1.00 bits per heavy atom. The molecule has 0 heterocycles. The van der Waals surface area contributed by atoms with Crippen LogP contribution in [0.5, 0.6) is 0 Å². The average Bonchev–Trinajstić information content (AvgIpc) is 2.37. The highest BCUT2D eigenvalue weighted by Crippen LogP contribution is 2.23. The van der Waals surface area contributed by atoms with Crippen molar-refractivity contribution in [3.05, 3.63) is 63.4 Å². The van der Waals surface area contributed by atoms with Crippen molar-refractivity contribution in [3.63, 3.8) is 0 Å². The molecule has 21 heavy (non-hydrogen) atoms. The molecule has 0 bridgehead atoms. The Balaban J connectivity index is 2.23. The summed E-state index contributed by atoms with van der Waals surface area (Å²) in [6, 6.07) is 7.36. The number of anilines is 1. The first kappa shape index (κ1) is 15.3. The highest BCUT2D eigenvalue weighted by atomic mass is 35.5. The summed E-state index contributed by atoms with van der Waals surface area (Å²) >= 11 is 11.6. The molecular weight excluding hydrogens is 320 g/mol. The molecule has 0 saturated carbocycles. The molecule has 0 atom stereocenters. The summed E-state index contributed by atoms with van der Waals surface area (Å²) in [5.41, 5.74) is 0.321. The molecule has 1 amide bonds. The maximum absolute atomic E-state index is 12.9. The van der Waals surface area contributed by atoms with E-state index in [0.717, 1.165) is 12.1 Å². The number of nitrogens with one attached hydrogen (secondary N) is 1. The second-order valence-electron chi connectivity index (χ2n) is 4.08. The number of carboxylic acids is 1. The quantitative estimate of drug-likeness (QED) is 0.892. The summed E-state index contributed by atoms with van der Waals surface area (Å²) in [6.45, 7) is 0. The fourth-order valence-electron chi connectivity index (χ4n) is 1.64. The summed E-state index contributed by atoms with van der Waals surface area (Å²) in [6.07, 6.45) is 0. The maximum Gasteiger partial charge on any atom is 0.337 e. The Hall–Kier alpha value is -2.11. The molecule has 0 fully saturated rings. The van der Waals surface area contributed by atoms with E-state index >= 15 is 0 Å². The zero-order chi connectivity index (χ0) is 15.6. The van der Waals surface area contributed by atoms with Crippen molar-refractivity contribution in [1.82, 2.24) is 0 Å². The van der Waals surface area contributed by atoms with Gasteiger partial charge in [-0.25, -0.2) is 9.18 Å². The average molecular weight is 328 g/mol. The van der Waals surface area contributed by atoms with Crippen LogP contribution in [0.15, 0.2) is 36.4 Å². The van der Waals surface area contributed by atoms with Gasteiger partial charge in [0.05, 0.1) is 21.2 Å². The molecule has 0 aromatic heterocycles. The summed E-state index contributed by atoms with van der Waals surface area (Å²) in [7, 11) is 0. The molecule has 4 nitrogen and oxygen atoms in total. The van der Waals surface area contributed by atoms with Gasteiger partial charge in [-0.15, -0.1) is 0 Å². The zero-order valence-electron chi connectivity index (χ0n) is 10.4. The number of carbonyl (C=O) groups is 2. The smallest absolute Gasteiger partial charge is 0.337 e. The van der Waals surface area contributed by atoms with Gasteiger partial charge in [-0.1, -0.05) is 23.2 Å². The van der Waals surface area contributed by atoms with Crippen molar-refractivity contribution >= 4 is 40.8 Å². The molecule has 0 aliphatic heterocycles. The first-order chi connectivity index (χ1) is 9.88. The lowest BCUT2D eigenvalue weighted by atomic mass is 10.1. The number of benzene rings is 2. The van der Waals surface area contributed by atoms with E-state index in [-0.39, 0.29) is 21.2 Å². The van der Waals surface area contributed by atoms with Crippen molar-refractivity contribution in [3.8, 4) is 0 Å². The van der Waals surface area contributed by atoms with E-state index in [1.54, 1.807) is 0 Å². The molecule has 0 aliphatic carbocycles. The third-order valence-electron chi connectivity index (χ3n) is 2.63. The third kappa shape index (κ3) is 3.51. The summed E-state index contributed by atoms with van der Waals surface area (Å²) in [5.74, 6) is -2.27. The van der Waals surface area contributed by atoms with E-state index in [0.29, 0.717) is 5.69 Å². The molecule has 0 unspecified atom stereocenters. The van der Waals surface area contributed by atoms with Crippen molar-refractivity contribution in [2.45, 2.75) is 0 Å². The predicted octanol–water partition coefficient (Wildman–Crippen LogP) is 4.08. The van der Waals surface area contributed by atoms with Gasteiger partial charge in [0, 0.05) is 5.69 Å². The van der Waals surface area contributed by atoms with Crippen LogP contribution in [-0.4, -0.2) is 17.0 Å². The number of carboxylic acid groups (broad SMARTS) is 1. The van der Waals surface area contributed by atoms with Crippen LogP contribution in [-0.2, 0) is 0 Å². The van der Waals surface area contributed by atoms with Crippen molar-refractivity contribution < 1.29 is 19.1 Å². The Labute approximate surface area is 129 Å². The van der Waals surface area contributed by atoms with Gasteiger partial charge >= 0.3 is 5.97 Å². The summed E-state index contributed by atoms with van der Waals surface area (Å²) < 4.78 is 12.9. The van der Waals surface area contributed by atoms with Crippen LogP contribution in [0.4, 0.5) is 10.1 Å². The molecule has 0 spiro atoms. The van der Waals surface area contributed by atoms with Crippen LogP contribution >= 0.6 is 23.2 Å². The molecular formula is C14H8Cl2FNO3. The van der Waals surface area contributed by atoms with Gasteiger partial charge in [-0.2, -0.15) is 0 Å². The standard InChI is InChI=1S/C14H8Cl2FNO3/c15-11-5-7(17)1-3-9(11)13(19)18-8-2-4-10(14(20)21)12(16)6-8/h1-6H,(H,18,19)(H,20,21). The summed E-state index contributed by atoms with van der Waals surface area (Å²) in [5, 5.41) is 11.3. The second kappa shape index (κ2) is 6.11. The predicted molar refractivity (Wildman–Crippen MR) is 77.8 cm³/mol. The van der Waals surface area contributed by atoms with E-state index < -0.39 is 17.7 Å². The lowest BCUT2D eigenvalue weighted by Crippen LogP contribution is -2.13. The number of amides is 1. The van der Waals surface area contributed by atoms with Crippen LogP contribution in [0.1, 0.15) is 20.7 Å². The molecule has 7 heteroatoms. The topological polar surface area (TPSA) is 66.4 Å². The van der Waals surface area contributed by atoms with E-state index in [1.165, 1.54) is 24.3 Å². The zero-order valence-corrected chi connectivity index (χ0v) is 11.9. The minimum Gasteiger partial charge on any atom is -0.478 e. The fourth-order valence-corrected chi connectivity index (χ4v) is 2.15. The van der Waals surface area contributed by atoms with E-state index in [1.807, 2.05) is 0 Å². The SMILES string of the molecule is O=C(O)c1ccc(NC(=O)c2ccc(F)cc2Cl)cc1Cl. The van der Waals surface area contributed by atoms with E-state index in [2.05, 4.69) is 5.32 Å². The van der Waals surface area contributed by atoms with Crippen molar-refractivity contribution in [2.24, 2.45) is 0 Å². The van der Waals surface area contributed by atoms with Crippen LogP contribution in [0, 0.1) is 5.82 Å². The van der Waals surface area contributed by atoms with Crippen LogP contribution in [0.2, 0.25) is 10.0 Å². The lowest BCUT2D eigenvalue weighted by Gasteiger charge is -2.08. The monoisotopic (exact) mass is 327 g/mol. The Morgan fingerprint density at radius 3 is 2.19 bits per heavy atom. The first-order valence-corrected chi connectivity index (χ1v) is 6.43. The lowest BCUT2D eigenvalue weighted by molar-refractivity contribution is 0.0697. The number of rotatable bonds is 3. The molecule has 2 aromatic rings. The van der Waals surface area contributed by atoms with Gasteiger partial charge in [-0.3, -0.25) is 4.79 Å². The Bertz CT molecular complexity index is 734. The molecule has 2 rings (SSSR count). The van der Waals surface area contributed by atoms with Crippen molar-refractivity contribution in [1.29, 1.82) is 0 Å². The van der Waals surface area contributed by atoms with E-state index in [9.17, 15) is 14.0 Å². The Morgan fingerprint density at radius 2 is 1.62 bits per heavy atom. The number of hydrogen-bond donors (Lipinski definition) is 2. The minimum absolute atomic E-state index is 0.00879. The maximum atomic E-state index is 12.9. The molecule has 0 radical (unpaired) electrons. The van der Waals surface area contributed by atoms with Crippen LogP contribution in [0.3, 0.4) is 0 Å². The molecule has 2 N–H and O–H groups in total.